The number of nitrogens with zero attached hydrogens (tertiary/aromatic N) is 1. The second-order valence-electron chi connectivity index (χ2n) is 7.85. The number of carbonyl (C=O) groups excluding carboxylic acids is 1. The summed E-state index contributed by atoms with van der Waals surface area (Å²) in [6.45, 7) is 5.21. The Bertz CT molecular complexity index is 571. The first kappa shape index (κ1) is 25.5. The highest BCUT2D eigenvalue weighted by Gasteiger charge is 2.31. The summed E-state index contributed by atoms with van der Waals surface area (Å²) in [6.07, 6.45) is 10.5. The van der Waals surface area contributed by atoms with Gasteiger partial charge in [0.1, 0.15) is 0 Å². The molecule has 0 aliphatic rings. The molecular formula is C24H38F3NO. The third-order valence-corrected chi connectivity index (χ3v) is 5.39. The topological polar surface area (TPSA) is 20.3 Å². The summed E-state index contributed by atoms with van der Waals surface area (Å²) in [5.41, 5.74) is -0.662. The van der Waals surface area contributed by atoms with E-state index in [0.717, 1.165) is 31.4 Å². The predicted octanol–water partition coefficient (Wildman–Crippen LogP) is 7.87. The quantitative estimate of drug-likeness (QED) is 0.268. The van der Waals surface area contributed by atoms with Crippen molar-refractivity contribution < 1.29 is 18.0 Å². The number of rotatable bonds is 15. The van der Waals surface area contributed by atoms with Crippen molar-refractivity contribution in [2.24, 2.45) is 0 Å². The van der Waals surface area contributed by atoms with Crippen molar-refractivity contribution in [2.75, 3.05) is 13.1 Å². The Balaban J connectivity index is 2.22. The van der Waals surface area contributed by atoms with Crippen LogP contribution in [0.4, 0.5) is 13.2 Å². The lowest BCUT2D eigenvalue weighted by Crippen LogP contribution is -2.32. The average Bonchev–Trinajstić information content (AvgIpc) is 2.70. The van der Waals surface area contributed by atoms with Gasteiger partial charge in [-0.2, -0.15) is 13.2 Å². The van der Waals surface area contributed by atoms with E-state index in [0.29, 0.717) is 13.1 Å². The van der Waals surface area contributed by atoms with E-state index in [4.69, 9.17) is 0 Å². The van der Waals surface area contributed by atoms with E-state index in [1.807, 2.05) is 6.92 Å². The van der Waals surface area contributed by atoms with E-state index >= 15 is 0 Å². The monoisotopic (exact) mass is 413 g/mol. The van der Waals surface area contributed by atoms with E-state index < -0.39 is 11.7 Å². The Morgan fingerprint density at radius 2 is 1.34 bits per heavy atom. The van der Waals surface area contributed by atoms with Gasteiger partial charge in [-0.15, -0.1) is 0 Å². The molecule has 0 aliphatic heterocycles. The van der Waals surface area contributed by atoms with Crippen molar-refractivity contribution in [1.82, 2.24) is 4.90 Å². The van der Waals surface area contributed by atoms with Crippen LogP contribution in [0.1, 0.15) is 107 Å². The first-order valence-electron chi connectivity index (χ1n) is 11.4. The van der Waals surface area contributed by atoms with Gasteiger partial charge in [0.25, 0.3) is 5.91 Å². The van der Waals surface area contributed by atoms with Crippen molar-refractivity contribution >= 4 is 5.91 Å². The van der Waals surface area contributed by atoms with E-state index in [2.05, 4.69) is 6.92 Å². The number of benzene rings is 1. The predicted molar refractivity (Wildman–Crippen MR) is 114 cm³/mol. The lowest BCUT2D eigenvalue weighted by atomic mass is 10.1. The Labute approximate surface area is 174 Å². The smallest absolute Gasteiger partial charge is 0.339 e. The third-order valence-electron chi connectivity index (χ3n) is 5.39. The zero-order chi connectivity index (χ0) is 21.5. The minimum Gasteiger partial charge on any atom is -0.339 e. The molecule has 1 amide bonds. The lowest BCUT2D eigenvalue weighted by molar-refractivity contribution is -0.137. The maximum Gasteiger partial charge on any atom is 0.416 e. The van der Waals surface area contributed by atoms with Crippen LogP contribution in [0.3, 0.4) is 0 Å². The van der Waals surface area contributed by atoms with E-state index in [-0.39, 0.29) is 11.5 Å². The van der Waals surface area contributed by atoms with Gasteiger partial charge in [-0.3, -0.25) is 4.79 Å². The van der Waals surface area contributed by atoms with Crippen molar-refractivity contribution in [1.29, 1.82) is 0 Å². The van der Waals surface area contributed by atoms with Crippen LogP contribution >= 0.6 is 0 Å². The number of hydrogen-bond donors (Lipinski definition) is 0. The van der Waals surface area contributed by atoms with Gasteiger partial charge < -0.3 is 4.90 Å². The minimum atomic E-state index is -4.43. The maximum absolute atomic E-state index is 12.9. The number of hydrogen-bond acceptors (Lipinski definition) is 1. The molecule has 29 heavy (non-hydrogen) atoms. The number of unbranched alkanes of at least 4 members (excludes halogenated alkanes) is 11. The molecule has 1 aromatic carbocycles. The second-order valence-corrected chi connectivity index (χ2v) is 7.85. The fourth-order valence-corrected chi connectivity index (χ4v) is 3.56. The van der Waals surface area contributed by atoms with Crippen LogP contribution in [-0.4, -0.2) is 23.9 Å². The van der Waals surface area contributed by atoms with Crippen LogP contribution in [0, 0.1) is 0 Å². The summed E-state index contributed by atoms with van der Waals surface area (Å²) >= 11 is 0. The molecule has 0 aliphatic carbocycles. The number of amides is 1. The Morgan fingerprint density at radius 3 is 1.83 bits per heavy atom. The molecule has 0 aromatic heterocycles. The van der Waals surface area contributed by atoms with Gasteiger partial charge in [0, 0.05) is 18.7 Å². The molecule has 0 radical (unpaired) electrons. The van der Waals surface area contributed by atoms with E-state index in [1.54, 1.807) is 4.90 Å². The van der Waals surface area contributed by atoms with Crippen molar-refractivity contribution in [3.8, 4) is 0 Å². The number of carbonyl (C=O) groups is 1. The fourth-order valence-electron chi connectivity index (χ4n) is 3.56. The highest BCUT2D eigenvalue weighted by molar-refractivity contribution is 5.94. The molecule has 2 nitrogen and oxygen atoms in total. The van der Waals surface area contributed by atoms with Crippen LogP contribution < -0.4 is 0 Å². The molecule has 0 atom stereocenters. The molecule has 0 heterocycles. The average molecular weight is 414 g/mol. The summed E-state index contributed by atoms with van der Waals surface area (Å²) in [7, 11) is 0. The highest BCUT2D eigenvalue weighted by atomic mass is 19.4. The summed E-state index contributed by atoms with van der Waals surface area (Å²) in [6, 6.07) is 4.71. The summed E-state index contributed by atoms with van der Waals surface area (Å²) in [5, 5.41) is 0. The molecule has 0 N–H and O–H groups in total. The lowest BCUT2D eigenvalue weighted by Gasteiger charge is -2.21. The molecule has 1 rings (SSSR count). The largest absolute Gasteiger partial charge is 0.416 e. The number of alkyl halides is 3. The van der Waals surface area contributed by atoms with E-state index in [1.165, 1.54) is 69.9 Å². The standard InChI is InChI=1S/C24H38F3NO/c1-3-5-6-7-8-9-10-11-12-13-14-15-19-28(4-2)23(29)21-17-16-18-22(20-21)24(25,26)27/h16-18,20H,3-15,19H2,1-2H3. The van der Waals surface area contributed by atoms with Gasteiger partial charge in [0.15, 0.2) is 0 Å². The molecule has 0 saturated heterocycles. The second kappa shape index (κ2) is 14.5. The molecule has 5 heteroatoms. The maximum atomic E-state index is 12.9. The fraction of sp³-hybridized carbons (Fsp3) is 0.708. The zero-order valence-electron chi connectivity index (χ0n) is 18.2. The van der Waals surface area contributed by atoms with Crippen molar-refractivity contribution in [2.45, 2.75) is 97.1 Å². The highest BCUT2D eigenvalue weighted by Crippen LogP contribution is 2.29. The van der Waals surface area contributed by atoms with Gasteiger partial charge in [0.2, 0.25) is 0 Å². The molecule has 0 bridgehead atoms. The third kappa shape index (κ3) is 10.7. The molecular weight excluding hydrogens is 375 g/mol. The molecule has 0 fully saturated rings. The summed E-state index contributed by atoms with van der Waals surface area (Å²) in [5.74, 6) is -0.318. The van der Waals surface area contributed by atoms with Crippen molar-refractivity contribution in [3.05, 3.63) is 35.4 Å². The van der Waals surface area contributed by atoms with Crippen molar-refractivity contribution in [3.63, 3.8) is 0 Å². The Morgan fingerprint density at radius 1 is 0.828 bits per heavy atom. The molecule has 0 saturated carbocycles. The SMILES string of the molecule is CCCCCCCCCCCCCCN(CC)C(=O)c1cccc(C(F)(F)F)c1. The molecule has 0 spiro atoms. The first-order chi connectivity index (χ1) is 13.9. The van der Waals surface area contributed by atoms with E-state index in [9.17, 15) is 18.0 Å². The van der Waals surface area contributed by atoms with Gasteiger partial charge in [-0.1, -0.05) is 83.6 Å². The van der Waals surface area contributed by atoms with Crippen LogP contribution in [0.25, 0.3) is 0 Å². The van der Waals surface area contributed by atoms with Crippen LogP contribution in [0.15, 0.2) is 24.3 Å². The molecule has 166 valence electrons. The van der Waals surface area contributed by atoms with Crippen LogP contribution in [0.5, 0.6) is 0 Å². The zero-order valence-corrected chi connectivity index (χ0v) is 18.2. The Hall–Kier alpha value is -1.52. The van der Waals surface area contributed by atoms with Gasteiger partial charge >= 0.3 is 6.18 Å². The Kier molecular flexibility index (Phi) is 12.7. The van der Waals surface area contributed by atoms with Gasteiger partial charge in [-0.05, 0) is 31.5 Å². The summed E-state index contributed by atoms with van der Waals surface area (Å²) in [4.78, 5) is 14.2. The normalized spacial score (nSPS) is 11.6. The van der Waals surface area contributed by atoms with Crippen LogP contribution in [-0.2, 0) is 6.18 Å². The first-order valence-corrected chi connectivity index (χ1v) is 11.4. The van der Waals surface area contributed by atoms with Gasteiger partial charge in [0.05, 0.1) is 5.56 Å². The van der Waals surface area contributed by atoms with Crippen LogP contribution in [0.2, 0.25) is 0 Å². The molecule has 0 unspecified atom stereocenters. The summed E-state index contributed by atoms with van der Waals surface area (Å²) < 4.78 is 38.6. The van der Waals surface area contributed by atoms with Gasteiger partial charge in [-0.25, -0.2) is 0 Å². The molecule has 1 aromatic rings. The number of halogens is 3. The minimum absolute atomic E-state index is 0.112.